The lowest BCUT2D eigenvalue weighted by Crippen LogP contribution is -2.50. The van der Waals surface area contributed by atoms with E-state index in [0.717, 1.165) is 26.8 Å². The number of hydrogen-bond acceptors (Lipinski definition) is 5. The Hall–Kier alpha value is -3.24. The first kappa shape index (κ1) is 18.1. The van der Waals surface area contributed by atoms with Crippen LogP contribution in [0.3, 0.4) is 0 Å². The summed E-state index contributed by atoms with van der Waals surface area (Å²) in [4.78, 5) is 25.4. The lowest BCUT2D eigenvalue weighted by atomic mass is 9.98. The summed E-state index contributed by atoms with van der Waals surface area (Å²) in [7, 11) is -4.18. The Morgan fingerprint density at radius 1 is 1.21 bits per heavy atom. The zero-order valence-corrected chi connectivity index (χ0v) is 15.3. The summed E-state index contributed by atoms with van der Waals surface area (Å²) < 4.78 is 27.4. The Labute approximate surface area is 160 Å². The molecule has 1 amide bonds. The van der Waals surface area contributed by atoms with E-state index in [1.165, 1.54) is 18.2 Å². The molecule has 0 aliphatic carbocycles. The number of non-ortho nitro benzene ring substituents is 1. The Kier molecular flexibility index (Phi) is 4.16. The van der Waals surface area contributed by atoms with E-state index in [4.69, 9.17) is 5.73 Å². The van der Waals surface area contributed by atoms with E-state index in [2.05, 4.69) is 4.98 Å². The third kappa shape index (κ3) is 2.83. The number of rotatable bonds is 4. The monoisotopic (exact) mass is 400 g/mol. The van der Waals surface area contributed by atoms with E-state index < -0.39 is 26.9 Å². The first-order chi connectivity index (χ1) is 13.3. The number of aromatic amines is 1. The van der Waals surface area contributed by atoms with Gasteiger partial charge in [0.05, 0.1) is 16.4 Å². The quantitative estimate of drug-likeness (QED) is 0.506. The van der Waals surface area contributed by atoms with Crippen molar-refractivity contribution in [3.63, 3.8) is 0 Å². The first-order valence-electron chi connectivity index (χ1n) is 8.43. The number of nitrogens with one attached hydrogen (secondary N) is 1. The predicted octanol–water partition coefficient (Wildman–Crippen LogP) is 1.68. The fraction of sp³-hybridized carbons (Fsp3) is 0.167. The molecule has 10 heteroatoms. The summed E-state index contributed by atoms with van der Waals surface area (Å²) in [5, 5.41) is 11.9. The van der Waals surface area contributed by atoms with Gasteiger partial charge in [0.15, 0.2) is 0 Å². The number of nitrogens with two attached hydrogens (primary N) is 1. The third-order valence-electron chi connectivity index (χ3n) is 4.92. The summed E-state index contributed by atoms with van der Waals surface area (Å²) in [5.74, 6) is -0.773. The highest BCUT2D eigenvalue weighted by Crippen LogP contribution is 2.33. The normalized spacial score (nSPS) is 17.4. The highest BCUT2D eigenvalue weighted by Gasteiger charge is 2.40. The van der Waals surface area contributed by atoms with Crippen LogP contribution >= 0.6 is 0 Å². The van der Waals surface area contributed by atoms with Crippen molar-refractivity contribution in [3.8, 4) is 0 Å². The molecule has 0 spiro atoms. The average Bonchev–Trinajstić information content (AvgIpc) is 3.04. The molecular formula is C18H16N4O5S. The maximum absolute atomic E-state index is 13.2. The predicted molar refractivity (Wildman–Crippen MR) is 101 cm³/mol. The number of carbonyl (C=O) groups excluding carboxylic acids is 1. The van der Waals surface area contributed by atoms with Gasteiger partial charge in [-0.1, -0.05) is 24.3 Å². The molecule has 1 unspecified atom stereocenters. The second kappa shape index (κ2) is 6.43. The number of primary amides is 1. The van der Waals surface area contributed by atoms with Crippen molar-refractivity contribution in [2.45, 2.75) is 23.9 Å². The molecule has 144 valence electrons. The van der Waals surface area contributed by atoms with Gasteiger partial charge in [0.2, 0.25) is 15.9 Å². The van der Waals surface area contributed by atoms with Crippen molar-refractivity contribution in [2.24, 2.45) is 5.73 Å². The lowest BCUT2D eigenvalue weighted by Gasteiger charge is -2.32. The van der Waals surface area contributed by atoms with Gasteiger partial charge in [0, 0.05) is 35.2 Å². The number of aromatic nitrogens is 1. The van der Waals surface area contributed by atoms with Crippen LogP contribution in [0.1, 0.15) is 11.3 Å². The molecule has 1 atom stereocenters. The number of benzene rings is 2. The maximum Gasteiger partial charge on any atom is 0.270 e. The van der Waals surface area contributed by atoms with E-state index in [1.54, 1.807) is 0 Å². The summed E-state index contributed by atoms with van der Waals surface area (Å²) in [6, 6.07) is 11.1. The van der Waals surface area contributed by atoms with Crippen molar-refractivity contribution in [2.75, 3.05) is 0 Å². The number of H-pyrrole nitrogens is 1. The van der Waals surface area contributed by atoms with Gasteiger partial charge < -0.3 is 10.7 Å². The van der Waals surface area contributed by atoms with Crippen LogP contribution in [0, 0.1) is 10.1 Å². The Balaban J connectivity index is 1.82. The highest BCUT2D eigenvalue weighted by molar-refractivity contribution is 7.89. The SMILES string of the molecule is NC(=O)C1Cc2c([nH]c3ccccc23)CN1S(=O)(=O)c1cccc([N+](=O)[O-])c1. The molecule has 1 aromatic heterocycles. The lowest BCUT2D eigenvalue weighted by molar-refractivity contribution is -0.385. The van der Waals surface area contributed by atoms with E-state index in [-0.39, 0.29) is 23.5 Å². The first-order valence-corrected chi connectivity index (χ1v) is 9.87. The molecule has 28 heavy (non-hydrogen) atoms. The van der Waals surface area contributed by atoms with Crippen LogP contribution in [-0.4, -0.2) is 34.6 Å². The van der Waals surface area contributed by atoms with Crippen molar-refractivity contribution >= 4 is 32.5 Å². The van der Waals surface area contributed by atoms with Gasteiger partial charge in [-0.3, -0.25) is 14.9 Å². The highest BCUT2D eigenvalue weighted by atomic mass is 32.2. The Bertz CT molecular complexity index is 1220. The fourth-order valence-electron chi connectivity index (χ4n) is 3.57. The van der Waals surface area contributed by atoms with E-state index in [1.807, 2.05) is 24.3 Å². The van der Waals surface area contributed by atoms with Gasteiger partial charge in [-0.2, -0.15) is 4.31 Å². The summed E-state index contributed by atoms with van der Waals surface area (Å²) in [5.41, 5.74) is 7.53. The Morgan fingerprint density at radius 3 is 2.68 bits per heavy atom. The smallest absolute Gasteiger partial charge is 0.270 e. The topological polar surface area (TPSA) is 139 Å². The average molecular weight is 400 g/mol. The molecule has 0 radical (unpaired) electrons. The molecule has 0 fully saturated rings. The maximum atomic E-state index is 13.2. The van der Waals surface area contributed by atoms with Crippen LogP contribution in [0.15, 0.2) is 53.4 Å². The second-order valence-electron chi connectivity index (χ2n) is 6.55. The van der Waals surface area contributed by atoms with Crippen molar-refractivity contribution in [1.82, 2.24) is 9.29 Å². The zero-order chi connectivity index (χ0) is 20.1. The van der Waals surface area contributed by atoms with Crippen molar-refractivity contribution in [1.29, 1.82) is 0 Å². The van der Waals surface area contributed by atoms with E-state index in [0.29, 0.717) is 5.69 Å². The molecule has 2 aromatic carbocycles. The van der Waals surface area contributed by atoms with Crippen LogP contribution in [0.25, 0.3) is 10.9 Å². The molecular weight excluding hydrogens is 384 g/mol. The van der Waals surface area contributed by atoms with Crippen LogP contribution in [0.2, 0.25) is 0 Å². The van der Waals surface area contributed by atoms with E-state index >= 15 is 0 Å². The molecule has 4 rings (SSSR count). The molecule has 0 saturated heterocycles. The molecule has 9 nitrogen and oxygen atoms in total. The molecule has 0 saturated carbocycles. The van der Waals surface area contributed by atoms with Gasteiger partial charge in [-0.25, -0.2) is 8.42 Å². The third-order valence-corrected chi connectivity index (χ3v) is 6.78. The molecule has 3 aromatic rings. The number of para-hydroxylation sites is 1. The zero-order valence-electron chi connectivity index (χ0n) is 14.5. The second-order valence-corrected chi connectivity index (χ2v) is 8.45. The minimum absolute atomic E-state index is 0.0807. The molecule has 1 aliphatic rings. The fourth-order valence-corrected chi connectivity index (χ4v) is 5.18. The number of nitro groups is 1. The number of nitrogens with zero attached hydrogens (tertiary/aromatic N) is 2. The van der Waals surface area contributed by atoms with Crippen LogP contribution in [0.4, 0.5) is 5.69 Å². The van der Waals surface area contributed by atoms with Crippen molar-refractivity contribution < 1.29 is 18.1 Å². The standard InChI is InChI=1S/C18H16N4O5S/c19-18(23)17-9-14-13-6-1-2-7-15(13)20-16(14)10-21(17)28(26,27)12-5-3-4-11(8-12)22(24)25/h1-8,17,20H,9-10H2,(H2,19,23). The number of carbonyl (C=O) groups is 1. The van der Waals surface area contributed by atoms with E-state index in [9.17, 15) is 23.3 Å². The van der Waals surface area contributed by atoms with Gasteiger partial charge >= 0.3 is 0 Å². The number of sulfonamides is 1. The summed E-state index contributed by atoms with van der Waals surface area (Å²) in [6.07, 6.45) is 0.128. The summed E-state index contributed by atoms with van der Waals surface area (Å²) in [6.45, 7) is -0.0807. The van der Waals surface area contributed by atoms with Gasteiger partial charge in [-0.05, 0) is 17.7 Å². The molecule has 0 bridgehead atoms. The number of hydrogen-bond donors (Lipinski definition) is 2. The van der Waals surface area contributed by atoms with Crippen LogP contribution < -0.4 is 5.73 Å². The molecule has 3 N–H and O–H groups in total. The van der Waals surface area contributed by atoms with Crippen LogP contribution in [0.5, 0.6) is 0 Å². The van der Waals surface area contributed by atoms with Crippen molar-refractivity contribution in [3.05, 3.63) is 69.9 Å². The largest absolute Gasteiger partial charge is 0.368 e. The van der Waals surface area contributed by atoms with Gasteiger partial charge in [0.1, 0.15) is 6.04 Å². The molecule has 1 aliphatic heterocycles. The molecule has 2 heterocycles. The minimum atomic E-state index is -4.18. The number of fused-ring (bicyclic) bond motifs is 3. The van der Waals surface area contributed by atoms with Gasteiger partial charge in [0.25, 0.3) is 5.69 Å². The minimum Gasteiger partial charge on any atom is -0.368 e. The Morgan fingerprint density at radius 2 is 1.96 bits per heavy atom. The van der Waals surface area contributed by atoms with Gasteiger partial charge in [-0.15, -0.1) is 0 Å². The summed E-state index contributed by atoms with van der Waals surface area (Å²) >= 11 is 0. The number of amides is 1. The van der Waals surface area contributed by atoms with Crippen LogP contribution in [-0.2, 0) is 27.8 Å². The number of nitro benzene ring substituents is 1.